The van der Waals surface area contributed by atoms with Gasteiger partial charge in [0.25, 0.3) is 0 Å². The molecule has 78 valence electrons. The minimum atomic E-state index is 0.0143. The zero-order valence-electron chi connectivity index (χ0n) is 9.51. The first-order valence-corrected chi connectivity index (χ1v) is 5.48. The molecule has 1 unspecified atom stereocenters. The van der Waals surface area contributed by atoms with Crippen molar-refractivity contribution in [2.75, 3.05) is 0 Å². The van der Waals surface area contributed by atoms with Crippen LogP contribution in [0.1, 0.15) is 52.9 Å². The van der Waals surface area contributed by atoms with E-state index in [1.54, 1.807) is 0 Å². The van der Waals surface area contributed by atoms with Crippen LogP contribution in [-0.4, -0.2) is 11.3 Å². The van der Waals surface area contributed by atoms with E-state index in [-0.39, 0.29) is 5.54 Å². The van der Waals surface area contributed by atoms with Gasteiger partial charge in [-0.1, -0.05) is 6.42 Å². The van der Waals surface area contributed by atoms with Crippen LogP contribution in [0, 0.1) is 17.2 Å². The predicted molar refractivity (Wildman–Crippen MR) is 59.4 cm³/mol. The monoisotopic (exact) mass is 192 g/mol. The summed E-state index contributed by atoms with van der Waals surface area (Å²) in [4.78, 5) is 4.73. The van der Waals surface area contributed by atoms with Crippen molar-refractivity contribution < 1.29 is 0 Å². The standard InChI is InChI=1S/C12H20N2/c1-12(2,3)14-11-7-5-4-6-10(11)8-9-13/h10H,4-8H2,1-3H3. The van der Waals surface area contributed by atoms with E-state index in [2.05, 4.69) is 26.8 Å². The van der Waals surface area contributed by atoms with Crippen LogP contribution < -0.4 is 0 Å². The summed E-state index contributed by atoms with van der Waals surface area (Å²) in [5, 5.41) is 8.73. The molecule has 0 amide bonds. The molecule has 2 heteroatoms. The highest BCUT2D eigenvalue weighted by Gasteiger charge is 2.22. The lowest BCUT2D eigenvalue weighted by Crippen LogP contribution is -2.23. The van der Waals surface area contributed by atoms with Gasteiger partial charge < -0.3 is 0 Å². The van der Waals surface area contributed by atoms with Gasteiger partial charge in [-0.15, -0.1) is 0 Å². The molecule has 0 saturated heterocycles. The van der Waals surface area contributed by atoms with Crippen molar-refractivity contribution in [1.82, 2.24) is 0 Å². The molecule has 1 aliphatic carbocycles. The molecule has 0 aromatic heterocycles. The van der Waals surface area contributed by atoms with Crippen LogP contribution in [0.4, 0.5) is 0 Å². The highest BCUT2D eigenvalue weighted by Crippen LogP contribution is 2.26. The average Bonchev–Trinajstić information content (AvgIpc) is 2.06. The number of aliphatic imine (C=N–C) groups is 1. The Morgan fingerprint density at radius 2 is 2.14 bits per heavy atom. The quantitative estimate of drug-likeness (QED) is 0.627. The third-order valence-corrected chi connectivity index (χ3v) is 2.52. The summed E-state index contributed by atoms with van der Waals surface area (Å²) in [6, 6.07) is 2.27. The minimum Gasteiger partial charge on any atom is -0.288 e. The van der Waals surface area contributed by atoms with E-state index in [9.17, 15) is 0 Å². The predicted octanol–water partition coefficient (Wildman–Crippen LogP) is 3.33. The fourth-order valence-corrected chi connectivity index (χ4v) is 1.98. The summed E-state index contributed by atoms with van der Waals surface area (Å²) in [5.41, 5.74) is 1.30. The van der Waals surface area contributed by atoms with Crippen molar-refractivity contribution in [1.29, 1.82) is 5.26 Å². The Labute approximate surface area is 87.0 Å². The van der Waals surface area contributed by atoms with Crippen molar-refractivity contribution >= 4 is 5.71 Å². The van der Waals surface area contributed by atoms with Gasteiger partial charge >= 0.3 is 0 Å². The van der Waals surface area contributed by atoms with Gasteiger partial charge in [-0.2, -0.15) is 5.26 Å². The lowest BCUT2D eigenvalue weighted by Gasteiger charge is -2.25. The van der Waals surface area contributed by atoms with Crippen molar-refractivity contribution in [3.8, 4) is 6.07 Å². The Morgan fingerprint density at radius 1 is 1.43 bits per heavy atom. The molecule has 0 spiro atoms. The zero-order chi connectivity index (χ0) is 10.6. The molecule has 1 rings (SSSR count). The first kappa shape index (κ1) is 11.2. The molecule has 1 fully saturated rings. The van der Waals surface area contributed by atoms with E-state index >= 15 is 0 Å². The molecule has 1 saturated carbocycles. The Bertz CT molecular complexity index is 252. The van der Waals surface area contributed by atoms with Crippen LogP contribution in [0.3, 0.4) is 0 Å². The minimum absolute atomic E-state index is 0.0143. The van der Waals surface area contributed by atoms with Crippen LogP contribution in [-0.2, 0) is 0 Å². The third-order valence-electron chi connectivity index (χ3n) is 2.52. The topological polar surface area (TPSA) is 36.1 Å². The van der Waals surface area contributed by atoms with Crippen LogP contribution >= 0.6 is 0 Å². The zero-order valence-corrected chi connectivity index (χ0v) is 9.51. The first-order chi connectivity index (χ1) is 6.53. The van der Waals surface area contributed by atoms with Gasteiger partial charge in [0.15, 0.2) is 0 Å². The number of hydrogen-bond acceptors (Lipinski definition) is 2. The normalized spacial score (nSPS) is 26.1. The van der Waals surface area contributed by atoms with Gasteiger partial charge in [-0.3, -0.25) is 4.99 Å². The molecule has 0 aliphatic heterocycles. The molecule has 2 nitrogen and oxygen atoms in total. The van der Waals surface area contributed by atoms with Crippen LogP contribution in [0.2, 0.25) is 0 Å². The molecule has 0 aromatic rings. The second-order valence-electron chi connectivity index (χ2n) is 5.08. The van der Waals surface area contributed by atoms with Crippen molar-refractivity contribution in [2.45, 2.75) is 58.4 Å². The molecule has 0 N–H and O–H groups in total. The Morgan fingerprint density at radius 3 is 2.71 bits per heavy atom. The van der Waals surface area contributed by atoms with E-state index in [0.29, 0.717) is 12.3 Å². The molecule has 0 radical (unpaired) electrons. The smallest absolute Gasteiger partial charge is 0.0628 e. The first-order valence-electron chi connectivity index (χ1n) is 5.48. The average molecular weight is 192 g/mol. The molecule has 0 heterocycles. The fraction of sp³-hybridized carbons (Fsp3) is 0.833. The molecule has 0 bridgehead atoms. The molecule has 0 aromatic carbocycles. The Balaban J connectivity index is 2.73. The maximum absolute atomic E-state index is 8.73. The summed E-state index contributed by atoms with van der Waals surface area (Å²) in [6.45, 7) is 6.37. The second kappa shape index (κ2) is 4.59. The SMILES string of the molecule is CC(C)(C)N=C1CCCCC1CC#N. The third kappa shape index (κ3) is 3.49. The number of hydrogen-bond donors (Lipinski definition) is 0. The van der Waals surface area contributed by atoms with E-state index in [1.165, 1.54) is 18.6 Å². The Hall–Kier alpha value is -0.840. The summed E-state index contributed by atoms with van der Waals surface area (Å²) >= 11 is 0. The van der Waals surface area contributed by atoms with Gasteiger partial charge in [-0.25, -0.2) is 0 Å². The summed E-state index contributed by atoms with van der Waals surface area (Å²) < 4.78 is 0. The summed E-state index contributed by atoms with van der Waals surface area (Å²) in [6.07, 6.45) is 5.41. The van der Waals surface area contributed by atoms with Crippen molar-refractivity contribution in [3.05, 3.63) is 0 Å². The lowest BCUT2D eigenvalue weighted by molar-refractivity contribution is 0.508. The Kier molecular flexibility index (Phi) is 3.69. The summed E-state index contributed by atoms with van der Waals surface area (Å²) in [5.74, 6) is 0.438. The van der Waals surface area contributed by atoms with Crippen LogP contribution in [0.25, 0.3) is 0 Å². The van der Waals surface area contributed by atoms with Gasteiger partial charge in [0.2, 0.25) is 0 Å². The number of rotatable bonds is 1. The van der Waals surface area contributed by atoms with Crippen molar-refractivity contribution in [3.63, 3.8) is 0 Å². The van der Waals surface area contributed by atoms with Gasteiger partial charge in [-0.05, 0) is 40.0 Å². The van der Waals surface area contributed by atoms with Gasteiger partial charge in [0, 0.05) is 18.1 Å². The number of nitrogens with zero attached hydrogens (tertiary/aromatic N) is 2. The van der Waals surface area contributed by atoms with Crippen molar-refractivity contribution in [2.24, 2.45) is 10.9 Å². The maximum atomic E-state index is 8.73. The van der Waals surface area contributed by atoms with E-state index in [4.69, 9.17) is 10.3 Å². The fourth-order valence-electron chi connectivity index (χ4n) is 1.98. The number of nitriles is 1. The van der Waals surface area contributed by atoms with Crippen LogP contribution in [0.15, 0.2) is 4.99 Å². The maximum Gasteiger partial charge on any atom is 0.0628 e. The second-order valence-corrected chi connectivity index (χ2v) is 5.08. The van der Waals surface area contributed by atoms with E-state index in [1.807, 2.05) is 0 Å². The lowest BCUT2D eigenvalue weighted by atomic mass is 9.85. The molecule has 1 atom stereocenters. The van der Waals surface area contributed by atoms with E-state index < -0.39 is 0 Å². The highest BCUT2D eigenvalue weighted by atomic mass is 14.8. The largest absolute Gasteiger partial charge is 0.288 e. The van der Waals surface area contributed by atoms with E-state index in [0.717, 1.165) is 12.8 Å². The molecular weight excluding hydrogens is 172 g/mol. The molecule has 1 aliphatic rings. The van der Waals surface area contributed by atoms with Crippen LogP contribution in [0.5, 0.6) is 0 Å². The van der Waals surface area contributed by atoms with Gasteiger partial charge in [0.05, 0.1) is 11.6 Å². The molecule has 14 heavy (non-hydrogen) atoms. The van der Waals surface area contributed by atoms with Gasteiger partial charge in [0.1, 0.15) is 0 Å². The highest BCUT2D eigenvalue weighted by molar-refractivity contribution is 5.88. The summed E-state index contributed by atoms with van der Waals surface area (Å²) in [7, 11) is 0. The molecular formula is C12H20N2.